The van der Waals surface area contributed by atoms with Gasteiger partial charge in [0.15, 0.2) is 0 Å². The number of aromatic hydroxyl groups is 1. The number of amides is 1. The van der Waals surface area contributed by atoms with Crippen LogP contribution in [0, 0.1) is 12.3 Å². The maximum Gasteiger partial charge on any atom is 0.253 e. The average molecular weight is 488 g/mol. The summed E-state index contributed by atoms with van der Waals surface area (Å²) in [5.41, 5.74) is 6.68. The number of nitrogens with two attached hydrogens (primary N) is 1. The summed E-state index contributed by atoms with van der Waals surface area (Å²) in [6, 6.07) is 8.15. The number of anilines is 1. The second-order valence-corrected chi connectivity index (χ2v) is 9.17. The molecule has 9 nitrogen and oxygen atoms in total. The molecular formula is C22H23Cl2N7O2. The van der Waals surface area contributed by atoms with E-state index < -0.39 is 5.54 Å². The van der Waals surface area contributed by atoms with Crippen LogP contribution in [0.25, 0.3) is 5.69 Å². The van der Waals surface area contributed by atoms with Crippen LogP contribution in [0.4, 0.5) is 5.69 Å². The number of nitrogens with zero attached hydrogens (tertiary/aromatic N) is 4. The number of amidine groups is 1. The largest absolute Gasteiger partial charge is 0.505 e. The fraction of sp³-hybridized carbons (Fsp3) is 0.273. The van der Waals surface area contributed by atoms with Gasteiger partial charge in [-0.25, -0.2) is 9.67 Å². The summed E-state index contributed by atoms with van der Waals surface area (Å²) >= 11 is 12.6. The summed E-state index contributed by atoms with van der Waals surface area (Å²) in [6.07, 6.45) is 2.21. The topological polar surface area (TPSA) is 133 Å². The van der Waals surface area contributed by atoms with Gasteiger partial charge < -0.3 is 21.1 Å². The third kappa shape index (κ3) is 4.60. The van der Waals surface area contributed by atoms with Gasteiger partial charge in [-0.3, -0.25) is 10.2 Å². The third-order valence-electron chi connectivity index (χ3n) is 5.64. The molecule has 11 heteroatoms. The molecule has 0 radical (unpaired) electrons. The van der Waals surface area contributed by atoms with Crippen LogP contribution in [0.5, 0.6) is 5.75 Å². The van der Waals surface area contributed by atoms with Crippen LogP contribution in [0.1, 0.15) is 35.1 Å². The first-order valence-electron chi connectivity index (χ1n) is 10.2. The van der Waals surface area contributed by atoms with E-state index in [0.717, 1.165) is 0 Å². The number of carbonyl (C=O) groups excluding carboxylic acids is 1. The molecule has 33 heavy (non-hydrogen) atoms. The molecule has 1 saturated heterocycles. The molecule has 3 aromatic rings. The minimum absolute atomic E-state index is 0.107. The van der Waals surface area contributed by atoms with E-state index in [0.29, 0.717) is 52.3 Å². The number of nitrogen functional groups attached to an aromatic ring is 1. The summed E-state index contributed by atoms with van der Waals surface area (Å²) in [4.78, 5) is 19.0. The lowest BCUT2D eigenvalue weighted by Crippen LogP contribution is -2.48. The Kier molecular flexibility index (Phi) is 5.94. The Morgan fingerprint density at radius 1 is 1.27 bits per heavy atom. The standard InChI is InChI=1S/C22H23Cl2N7O2/c1-12-27-11-31(29-12)14-3-4-15(17(24)9-14)21(33)28-22(2)5-6-30(10-22)18-8-13(23)7-16(19(18)32)20(25)26/h3-4,7-9,11,32H,5-6,10H2,1-2H3,(H3,25,26)(H,28,33). The summed E-state index contributed by atoms with van der Waals surface area (Å²) in [5, 5.41) is 26.2. The third-order valence-corrected chi connectivity index (χ3v) is 6.17. The monoisotopic (exact) mass is 487 g/mol. The first kappa shape index (κ1) is 22.9. The van der Waals surface area contributed by atoms with E-state index in [1.54, 1.807) is 42.2 Å². The fourth-order valence-corrected chi connectivity index (χ4v) is 4.42. The molecule has 0 aliphatic carbocycles. The molecule has 0 bridgehead atoms. The molecular weight excluding hydrogens is 465 g/mol. The Balaban J connectivity index is 1.51. The highest BCUT2D eigenvalue weighted by Crippen LogP contribution is 2.38. The minimum atomic E-state index is -0.576. The zero-order valence-corrected chi connectivity index (χ0v) is 19.6. The fourth-order valence-electron chi connectivity index (χ4n) is 3.94. The van der Waals surface area contributed by atoms with Crippen molar-refractivity contribution >= 4 is 40.6 Å². The molecule has 172 valence electrons. The van der Waals surface area contributed by atoms with Gasteiger partial charge in [0.05, 0.1) is 33.1 Å². The van der Waals surface area contributed by atoms with Gasteiger partial charge in [0, 0.05) is 18.1 Å². The number of aryl methyl sites for hydroxylation is 1. The van der Waals surface area contributed by atoms with Gasteiger partial charge in [-0.15, -0.1) is 0 Å². The Labute approximate surface area is 200 Å². The second-order valence-electron chi connectivity index (χ2n) is 8.32. The molecule has 1 aliphatic heterocycles. The first-order chi connectivity index (χ1) is 15.6. The van der Waals surface area contributed by atoms with Crippen LogP contribution < -0.4 is 16.0 Å². The minimum Gasteiger partial charge on any atom is -0.505 e. The number of phenols is 1. The summed E-state index contributed by atoms with van der Waals surface area (Å²) in [5.74, 6) is -0.0478. The number of hydrogen-bond donors (Lipinski definition) is 4. The lowest BCUT2D eigenvalue weighted by molar-refractivity contribution is 0.0914. The van der Waals surface area contributed by atoms with Crippen molar-refractivity contribution < 1.29 is 9.90 Å². The molecule has 0 saturated carbocycles. The summed E-state index contributed by atoms with van der Waals surface area (Å²) < 4.78 is 1.59. The SMILES string of the molecule is Cc1ncn(-c2ccc(C(=O)NC3(C)CCN(c4cc(Cl)cc(C(=N)N)c4O)C3)c(Cl)c2)n1. The van der Waals surface area contributed by atoms with E-state index in [4.69, 9.17) is 34.3 Å². The Morgan fingerprint density at radius 3 is 2.67 bits per heavy atom. The highest BCUT2D eigenvalue weighted by molar-refractivity contribution is 6.34. The molecule has 1 aliphatic rings. The maximum absolute atomic E-state index is 13.0. The van der Waals surface area contributed by atoms with E-state index in [-0.39, 0.29) is 23.1 Å². The normalized spacial score (nSPS) is 17.9. The first-order valence-corrected chi connectivity index (χ1v) is 10.9. The van der Waals surface area contributed by atoms with Crippen molar-refractivity contribution in [3.63, 3.8) is 0 Å². The number of rotatable bonds is 5. The predicted octanol–water partition coefficient (Wildman–Crippen LogP) is 3.27. The number of halogens is 2. The number of aromatic nitrogens is 3. The molecule has 5 N–H and O–H groups in total. The van der Waals surface area contributed by atoms with E-state index >= 15 is 0 Å². The second kappa shape index (κ2) is 8.57. The van der Waals surface area contributed by atoms with Crippen molar-refractivity contribution in [1.29, 1.82) is 5.41 Å². The molecule has 1 fully saturated rings. The van der Waals surface area contributed by atoms with Crippen LogP contribution in [0.15, 0.2) is 36.7 Å². The lowest BCUT2D eigenvalue weighted by Gasteiger charge is -2.28. The number of hydrogen-bond acceptors (Lipinski definition) is 6. The van der Waals surface area contributed by atoms with Crippen LogP contribution in [-0.2, 0) is 0 Å². The Morgan fingerprint density at radius 2 is 2.03 bits per heavy atom. The molecule has 2 aromatic carbocycles. The molecule has 1 unspecified atom stereocenters. The van der Waals surface area contributed by atoms with Gasteiger partial charge in [0.25, 0.3) is 5.91 Å². The van der Waals surface area contributed by atoms with Crippen LogP contribution in [0.3, 0.4) is 0 Å². The van der Waals surface area contributed by atoms with E-state index in [9.17, 15) is 9.90 Å². The number of nitrogens with one attached hydrogen (secondary N) is 2. The number of benzene rings is 2. The van der Waals surface area contributed by atoms with Crippen LogP contribution >= 0.6 is 23.2 Å². The lowest BCUT2D eigenvalue weighted by atomic mass is 10.0. The van der Waals surface area contributed by atoms with Gasteiger partial charge in [-0.2, -0.15) is 5.10 Å². The zero-order chi connectivity index (χ0) is 23.9. The highest BCUT2D eigenvalue weighted by atomic mass is 35.5. The van der Waals surface area contributed by atoms with Crippen molar-refractivity contribution in [3.8, 4) is 11.4 Å². The molecule has 1 aromatic heterocycles. The zero-order valence-electron chi connectivity index (χ0n) is 18.1. The average Bonchev–Trinajstić information content (AvgIpc) is 3.35. The van der Waals surface area contributed by atoms with E-state index in [2.05, 4.69) is 15.4 Å². The molecule has 2 heterocycles. The quantitative estimate of drug-likeness (QED) is 0.322. The Hall–Kier alpha value is -3.30. The Bertz CT molecular complexity index is 1260. The van der Waals surface area contributed by atoms with Gasteiger partial charge in [-0.05, 0) is 50.6 Å². The maximum atomic E-state index is 13.0. The van der Waals surface area contributed by atoms with Crippen molar-refractivity contribution in [3.05, 3.63) is 63.7 Å². The van der Waals surface area contributed by atoms with Crippen molar-refractivity contribution in [1.82, 2.24) is 20.1 Å². The summed E-state index contributed by atoms with van der Waals surface area (Å²) in [6.45, 7) is 4.71. The van der Waals surface area contributed by atoms with Gasteiger partial charge in [0.2, 0.25) is 0 Å². The van der Waals surface area contributed by atoms with Crippen molar-refractivity contribution in [2.24, 2.45) is 5.73 Å². The predicted molar refractivity (Wildman–Crippen MR) is 128 cm³/mol. The highest BCUT2D eigenvalue weighted by Gasteiger charge is 2.37. The number of carbonyl (C=O) groups is 1. The molecule has 1 atom stereocenters. The van der Waals surface area contributed by atoms with Crippen molar-refractivity contribution in [2.75, 3.05) is 18.0 Å². The van der Waals surface area contributed by atoms with Gasteiger partial charge >= 0.3 is 0 Å². The molecule has 4 rings (SSSR count). The van der Waals surface area contributed by atoms with Crippen LogP contribution in [-0.4, -0.2) is 50.2 Å². The van der Waals surface area contributed by atoms with Crippen LogP contribution in [0.2, 0.25) is 10.0 Å². The molecule has 1 amide bonds. The van der Waals surface area contributed by atoms with E-state index in [1.165, 1.54) is 6.07 Å². The van der Waals surface area contributed by atoms with E-state index in [1.807, 2.05) is 11.8 Å². The van der Waals surface area contributed by atoms with Gasteiger partial charge in [-0.1, -0.05) is 23.2 Å². The summed E-state index contributed by atoms with van der Waals surface area (Å²) in [7, 11) is 0. The number of phenolic OH excluding ortho intramolecular Hbond substituents is 1. The van der Waals surface area contributed by atoms with Gasteiger partial charge in [0.1, 0.15) is 23.7 Å². The van der Waals surface area contributed by atoms with Crippen molar-refractivity contribution in [2.45, 2.75) is 25.8 Å². The molecule has 0 spiro atoms. The smallest absolute Gasteiger partial charge is 0.253 e.